The van der Waals surface area contributed by atoms with E-state index in [4.69, 9.17) is 4.74 Å². The van der Waals surface area contributed by atoms with Gasteiger partial charge in [0.05, 0.1) is 13.0 Å². The monoisotopic (exact) mass is 231 g/mol. The lowest BCUT2D eigenvalue weighted by atomic mass is 10.1. The molecule has 1 amide bonds. The Balaban J connectivity index is 3.74. The van der Waals surface area contributed by atoms with Crippen molar-refractivity contribution >= 4 is 12.1 Å². The van der Waals surface area contributed by atoms with Gasteiger partial charge in [-0.05, 0) is 27.2 Å². The van der Waals surface area contributed by atoms with Crippen LogP contribution >= 0.6 is 0 Å². The highest BCUT2D eigenvalue weighted by molar-refractivity contribution is 5.72. The number of esters is 1. The van der Waals surface area contributed by atoms with Crippen LogP contribution in [0.25, 0.3) is 0 Å². The molecule has 0 aromatic heterocycles. The standard InChI is InChI=1S/C11H21NO4/c1-8(9(13)15-5)6-7-12-10(14)16-11(2,3)4/h8H,6-7H2,1-5H3,(H,12,14)/t8-/m1/s1. The van der Waals surface area contributed by atoms with Crippen LogP contribution in [0.2, 0.25) is 0 Å². The van der Waals surface area contributed by atoms with Gasteiger partial charge < -0.3 is 14.8 Å². The molecule has 0 saturated heterocycles. The van der Waals surface area contributed by atoms with Gasteiger partial charge >= 0.3 is 12.1 Å². The van der Waals surface area contributed by atoms with E-state index in [0.29, 0.717) is 13.0 Å². The number of hydrogen-bond donors (Lipinski definition) is 1. The van der Waals surface area contributed by atoms with Gasteiger partial charge in [-0.15, -0.1) is 0 Å². The van der Waals surface area contributed by atoms with Crippen LogP contribution in [-0.4, -0.2) is 31.3 Å². The quantitative estimate of drug-likeness (QED) is 0.748. The Kier molecular flexibility index (Phi) is 5.85. The summed E-state index contributed by atoms with van der Waals surface area (Å²) in [5.74, 6) is -0.495. The molecule has 0 aliphatic rings. The number of methoxy groups -OCH3 is 1. The van der Waals surface area contributed by atoms with Crippen LogP contribution in [0.4, 0.5) is 4.79 Å². The van der Waals surface area contributed by atoms with Crippen molar-refractivity contribution in [2.45, 2.75) is 39.7 Å². The van der Waals surface area contributed by atoms with Crippen molar-refractivity contribution in [1.29, 1.82) is 0 Å². The summed E-state index contributed by atoms with van der Waals surface area (Å²) in [6.07, 6.45) is 0.0657. The Morgan fingerprint density at radius 1 is 1.31 bits per heavy atom. The van der Waals surface area contributed by atoms with Crippen LogP contribution in [-0.2, 0) is 14.3 Å². The first kappa shape index (κ1) is 14.7. The average molecular weight is 231 g/mol. The number of alkyl carbamates (subject to hydrolysis) is 1. The van der Waals surface area contributed by atoms with Gasteiger partial charge in [-0.3, -0.25) is 4.79 Å². The van der Waals surface area contributed by atoms with Gasteiger partial charge in [-0.1, -0.05) is 6.92 Å². The van der Waals surface area contributed by atoms with E-state index in [0.717, 1.165) is 0 Å². The molecule has 0 aromatic carbocycles. The number of ether oxygens (including phenoxy) is 2. The van der Waals surface area contributed by atoms with Crippen LogP contribution in [0.15, 0.2) is 0 Å². The summed E-state index contributed by atoms with van der Waals surface area (Å²) >= 11 is 0. The largest absolute Gasteiger partial charge is 0.469 e. The SMILES string of the molecule is COC(=O)[C@H](C)CCNC(=O)OC(C)(C)C. The fourth-order valence-corrected chi connectivity index (χ4v) is 1.02. The molecular weight excluding hydrogens is 210 g/mol. The van der Waals surface area contributed by atoms with E-state index in [-0.39, 0.29) is 11.9 Å². The molecule has 0 rings (SSSR count). The second kappa shape index (κ2) is 6.35. The Morgan fingerprint density at radius 3 is 2.31 bits per heavy atom. The molecule has 0 radical (unpaired) electrons. The highest BCUT2D eigenvalue weighted by atomic mass is 16.6. The van der Waals surface area contributed by atoms with Crippen molar-refractivity contribution in [2.24, 2.45) is 5.92 Å². The third-order valence-corrected chi connectivity index (χ3v) is 1.85. The van der Waals surface area contributed by atoms with Crippen molar-refractivity contribution in [3.63, 3.8) is 0 Å². The Bertz CT molecular complexity index is 245. The van der Waals surface area contributed by atoms with E-state index >= 15 is 0 Å². The summed E-state index contributed by atoms with van der Waals surface area (Å²) < 4.78 is 9.61. The number of hydrogen-bond acceptors (Lipinski definition) is 4. The highest BCUT2D eigenvalue weighted by Crippen LogP contribution is 2.07. The molecule has 0 aromatic rings. The van der Waals surface area contributed by atoms with E-state index in [1.54, 1.807) is 27.7 Å². The molecule has 0 aliphatic carbocycles. The lowest BCUT2D eigenvalue weighted by molar-refractivity contribution is -0.145. The first-order chi connectivity index (χ1) is 7.26. The van der Waals surface area contributed by atoms with E-state index in [9.17, 15) is 9.59 Å². The minimum absolute atomic E-state index is 0.222. The zero-order valence-electron chi connectivity index (χ0n) is 10.6. The summed E-state index contributed by atoms with van der Waals surface area (Å²) in [6.45, 7) is 7.53. The Labute approximate surface area is 96.5 Å². The molecule has 0 heterocycles. The summed E-state index contributed by atoms with van der Waals surface area (Å²) in [6, 6.07) is 0. The summed E-state index contributed by atoms with van der Waals surface area (Å²) in [7, 11) is 1.35. The maximum absolute atomic E-state index is 11.2. The molecule has 5 heteroatoms. The second-order valence-electron chi connectivity index (χ2n) is 4.64. The average Bonchev–Trinajstić information content (AvgIpc) is 2.13. The molecule has 0 saturated carbocycles. The van der Waals surface area contributed by atoms with Crippen molar-refractivity contribution in [2.75, 3.05) is 13.7 Å². The summed E-state index contributed by atoms with van der Waals surface area (Å²) in [5.41, 5.74) is -0.502. The number of carbonyl (C=O) groups is 2. The summed E-state index contributed by atoms with van der Waals surface area (Å²) in [4.78, 5) is 22.3. The Hall–Kier alpha value is -1.26. The fraction of sp³-hybridized carbons (Fsp3) is 0.818. The number of carbonyl (C=O) groups excluding carboxylic acids is 2. The van der Waals surface area contributed by atoms with Gasteiger partial charge in [0, 0.05) is 6.54 Å². The molecule has 16 heavy (non-hydrogen) atoms. The minimum atomic E-state index is -0.502. The maximum Gasteiger partial charge on any atom is 0.407 e. The van der Waals surface area contributed by atoms with Gasteiger partial charge in [0.25, 0.3) is 0 Å². The lowest BCUT2D eigenvalue weighted by Crippen LogP contribution is -2.34. The minimum Gasteiger partial charge on any atom is -0.469 e. The molecule has 0 spiro atoms. The third-order valence-electron chi connectivity index (χ3n) is 1.85. The van der Waals surface area contributed by atoms with Crippen molar-refractivity contribution in [1.82, 2.24) is 5.32 Å². The molecule has 1 atom stereocenters. The van der Waals surface area contributed by atoms with Gasteiger partial charge in [0.1, 0.15) is 5.60 Å². The molecular formula is C11H21NO4. The molecule has 0 aliphatic heterocycles. The van der Waals surface area contributed by atoms with E-state index in [2.05, 4.69) is 10.1 Å². The van der Waals surface area contributed by atoms with Gasteiger partial charge in [-0.2, -0.15) is 0 Å². The predicted octanol–water partition coefficient (Wildman–Crippen LogP) is 1.71. The molecule has 0 fully saturated rings. The van der Waals surface area contributed by atoms with Crippen LogP contribution in [0.3, 0.4) is 0 Å². The highest BCUT2D eigenvalue weighted by Gasteiger charge is 2.17. The molecule has 0 unspecified atom stereocenters. The molecule has 94 valence electrons. The number of amides is 1. The van der Waals surface area contributed by atoms with E-state index < -0.39 is 11.7 Å². The molecule has 5 nitrogen and oxygen atoms in total. The van der Waals surface area contributed by atoms with Crippen LogP contribution in [0.1, 0.15) is 34.1 Å². The normalized spacial score (nSPS) is 12.8. The smallest absolute Gasteiger partial charge is 0.407 e. The second-order valence-corrected chi connectivity index (χ2v) is 4.64. The lowest BCUT2D eigenvalue weighted by Gasteiger charge is -2.20. The maximum atomic E-state index is 11.2. The van der Waals surface area contributed by atoms with E-state index in [1.807, 2.05) is 0 Å². The first-order valence-electron chi connectivity index (χ1n) is 5.31. The van der Waals surface area contributed by atoms with Crippen molar-refractivity contribution in [3.05, 3.63) is 0 Å². The van der Waals surface area contributed by atoms with Crippen LogP contribution in [0, 0.1) is 5.92 Å². The van der Waals surface area contributed by atoms with Crippen LogP contribution in [0.5, 0.6) is 0 Å². The zero-order chi connectivity index (χ0) is 12.8. The van der Waals surface area contributed by atoms with Crippen molar-refractivity contribution < 1.29 is 19.1 Å². The summed E-state index contributed by atoms with van der Waals surface area (Å²) in [5, 5.41) is 2.58. The van der Waals surface area contributed by atoms with Gasteiger partial charge in [-0.25, -0.2) is 4.79 Å². The molecule has 1 N–H and O–H groups in total. The first-order valence-corrected chi connectivity index (χ1v) is 5.31. The number of nitrogens with one attached hydrogen (secondary N) is 1. The number of rotatable bonds is 4. The zero-order valence-corrected chi connectivity index (χ0v) is 10.6. The molecule has 0 bridgehead atoms. The fourth-order valence-electron chi connectivity index (χ4n) is 1.02. The van der Waals surface area contributed by atoms with Gasteiger partial charge in [0.2, 0.25) is 0 Å². The van der Waals surface area contributed by atoms with E-state index in [1.165, 1.54) is 7.11 Å². The van der Waals surface area contributed by atoms with Gasteiger partial charge in [0.15, 0.2) is 0 Å². The van der Waals surface area contributed by atoms with Crippen molar-refractivity contribution in [3.8, 4) is 0 Å². The topological polar surface area (TPSA) is 64.6 Å². The van der Waals surface area contributed by atoms with Crippen LogP contribution < -0.4 is 5.32 Å². The Morgan fingerprint density at radius 2 is 1.88 bits per heavy atom. The third kappa shape index (κ3) is 7.09. The predicted molar refractivity (Wildman–Crippen MR) is 60.0 cm³/mol.